The van der Waals surface area contributed by atoms with Crippen molar-refractivity contribution in [2.24, 2.45) is 0 Å². The number of fused-ring (bicyclic) bond motifs is 2. The van der Waals surface area contributed by atoms with Crippen molar-refractivity contribution in [1.29, 1.82) is 0 Å². The average molecular weight is 384 g/mol. The Morgan fingerprint density at radius 2 is 1.00 bits per heavy atom. The predicted molar refractivity (Wildman–Crippen MR) is 79.2 cm³/mol. The molecule has 8 heteroatoms. The molecule has 2 aliphatic rings. The molecule has 1 aromatic rings. The molecule has 1 aromatic carbocycles. The Hall–Kier alpha value is 1.71. The summed E-state index contributed by atoms with van der Waals surface area (Å²) in [6.45, 7) is 0. The topological polar surface area (TPSA) is 0 Å². The Morgan fingerprint density at radius 1 is 0.714 bits per heavy atom. The number of benzene rings is 1. The molecule has 0 spiro atoms. The van der Waals surface area contributed by atoms with Crippen LogP contribution in [0.15, 0.2) is 31.7 Å². The highest BCUT2D eigenvalue weighted by Gasteiger charge is 2.30. The molecular formula is C6H2B2Br2S4. The van der Waals surface area contributed by atoms with Crippen molar-refractivity contribution in [3.05, 3.63) is 12.1 Å². The van der Waals surface area contributed by atoms with Crippen LogP contribution in [0.2, 0.25) is 0 Å². The van der Waals surface area contributed by atoms with Crippen LogP contribution in [0.1, 0.15) is 0 Å². The third kappa shape index (κ3) is 1.95. The second-order valence-corrected chi connectivity index (χ2v) is 12.2. The van der Waals surface area contributed by atoms with Gasteiger partial charge in [0.2, 0.25) is 0 Å². The predicted octanol–water partition coefficient (Wildman–Crippen LogP) is 4.84. The van der Waals surface area contributed by atoms with Gasteiger partial charge in [0.15, 0.2) is 0 Å². The molecule has 0 aliphatic carbocycles. The van der Waals surface area contributed by atoms with Gasteiger partial charge in [-0.3, -0.25) is 0 Å². The summed E-state index contributed by atoms with van der Waals surface area (Å²) in [7, 11) is 0. The van der Waals surface area contributed by atoms with Gasteiger partial charge in [0.25, 0.3) is 0 Å². The zero-order valence-corrected chi connectivity index (χ0v) is 13.1. The Kier molecular flexibility index (Phi) is 3.24. The lowest BCUT2D eigenvalue weighted by atomic mass is 10.3. The Balaban J connectivity index is 2.05. The van der Waals surface area contributed by atoms with E-state index < -0.39 is 0 Å². The normalized spacial score (nSPS) is 18.7. The standard InChI is InChI=1S/C6H2B2Br2S4/c9-7-11-3-1-4-6(2-5(3)13-7)14-8(10)12-4/h1-2H. The number of hydrogen-bond acceptors (Lipinski definition) is 4. The number of rotatable bonds is 0. The summed E-state index contributed by atoms with van der Waals surface area (Å²) >= 11 is 14.8. The first-order chi connectivity index (χ1) is 6.72. The van der Waals surface area contributed by atoms with Crippen LogP contribution in [0.3, 0.4) is 0 Å². The largest absolute Gasteiger partial charge is 0.360 e. The summed E-state index contributed by atoms with van der Waals surface area (Å²) in [4.78, 5) is 5.69. The fourth-order valence-corrected chi connectivity index (χ4v) is 8.35. The number of hydrogen-bond donors (Lipinski definition) is 0. The first-order valence-corrected chi connectivity index (χ1v) is 9.20. The summed E-state index contributed by atoms with van der Waals surface area (Å²) < 4.78 is 0.990. The molecule has 0 amide bonds. The second-order valence-electron chi connectivity index (χ2n) is 2.77. The Labute approximate surface area is 117 Å². The van der Waals surface area contributed by atoms with Crippen molar-refractivity contribution in [3.63, 3.8) is 0 Å². The molecule has 0 saturated heterocycles. The molecule has 0 unspecified atom stereocenters. The molecule has 70 valence electrons. The number of halogens is 2. The van der Waals surface area contributed by atoms with E-state index in [1.54, 1.807) is 0 Å². The highest BCUT2D eigenvalue weighted by atomic mass is 79.9. The molecule has 3 rings (SSSR count). The maximum atomic E-state index is 3.62. The summed E-state index contributed by atoms with van der Waals surface area (Å²) in [5, 5.41) is 0. The lowest BCUT2D eigenvalue weighted by Gasteiger charge is -2.01. The van der Waals surface area contributed by atoms with E-state index in [9.17, 15) is 0 Å². The van der Waals surface area contributed by atoms with Crippen molar-refractivity contribution in [1.82, 2.24) is 0 Å². The van der Waals surface area contributed by atoms with Crippen LogP contribution in [0, 0.1) is 0 Å². The smallest absolute Gasteiger partial charge is 0.146 e. The lowest BCUT2D eigenvalue weighted by Crippen LogP contribution is -1.78. The second kappa shape index (κ2) is 4.18. The zero-order valence-electron chi connectivity index (χ0n) is 6.70. The fourth-order valence-electron chi connectivity index (χ4n) is 1.34. The van der Waals surface area contributed by atoms with Crippen molar-refractivity contribution < 1.29 is 0 Å². The van der Waals surface area contributed by atoms with Gasteiger partial charge in [-0.15, -0.1) is 78.0 Å². The van der Waals surface area contributed by atoms with Gasteiger partial charge in [-0.2, -0.15) is 0 Å². The van der Waals surface area contributed by atoms with E-state index in [1.165, 1.54) is 19.6 Å². The third-order valence-corrected chi connectivity index (χ3v) is 8.65. The lowest BCUT2D eigenvalue weighted by molar-refractivity contribution is 1.11. The van der Waals surface area contributed by atoms with Gasteiger partial charge in [0, 0.05) is 19.6 Å². The molecule has 0 radical (unpaired) electrons. The first kappa shape index (κ1) is 10.8. The van der Waals surface area contributed by atoms with Crippen molar-refractivity contribution in [2.75, 3.05) is 0 Å². The quantitative estimate of drug-likeness (QED) is 0.587. The molecule has 0 N–H and O–H groups in total. The molecule has 0 nitrogen and oxygen atoms in total. The SMILES string of the molecule is BrB1Sc2cc3c(cc2S1)SB(Br)S3. The van der Waals surface area contributed by atoms with Crippen LogP contribution >= 0.6 is 78.0 Å². The average Bonchev–Trinajstić information content (AvgIpc) is 2.59. The van der Waals surface area contributed by atoms with Crippen molar-refractivity contribution in [2.45, 2.75) is 19.6 Å². The minimum absolute atomic E-state index is 0.495. The van der Waals surface area contributed by atoms with Crippen LogP contribution in [0.4, 0.5) is 0 Å². The monoisotopic (exact) mass is 382 g/mol. The molecule has 0 saturated carbocycles. The third-order valence-electron chi connectivity index (χ3n) is 1.89. The molecule has 0 aromatic heterocycles. The zero-order chi connectivity index (χ0) is 9.71. The van der Waals surface area contributed by atoms with E-state index >= 15 is 0 Å². The molecule has 14 heavy (non-hydrogen) atoms. The van der Waals surface area contributed by atoms with E-state index in [-0.39, 0.29) is 0 Å². The maximum absolute atomic E-state index is 3.62. The molecular weight excluding hydrogens is 382 g/mol. The van der Waals surface area contributed by atoms with E-state index in [2.05, 4.69) is 43.6 Å². The van der Waals surface area contributed by atoms with Crippen LogP contribution in [-0.4, -0.2) is 8.19 Å². The van der Waals surface area contributed by atoms with Crippen LogP contribution in [0.5, 0.6) is 0 Å². The van der Waals surface area contributed by atoms with Gasteiger partial charge >= 0.3 is 8.19 Å². The van der Waals surface area contributed by atoms with E-state index in [0.717, 1.165) is 0 Å². The van der Waals surface area contributed by atoms with Gasteiger partial charge < -0.3 is 0 Å². The van der Waals surface area contributed by atoms with Gasteiger partial charge in [-0.05, 0) is 12.1 Å². The molecule has 2 heterocycles. The van der Waals surface area contributed by atoms with E-state index in [4.69, 9.17) is 0 Å². The molecule has 0 fully saturated rings. The van der Waals surface area contributed by atoms with Crippen molar-refractivity contribution in [3.8, 4) is 0 Å². The van der Waals surface area contributed by atoms with Gasteiger partial charge in [-0.25, -0.2) is 0 Å². The van der Waals surface area contributed by atoms with Crippen LogP contribution in [-0.2, 0) is 0 Å². The Morgan fingerprint density at radius 3 is 1.29 bits per heavy atom. The first-order valence-electron chi connectivity index (χ1n) is 3.85. The summed E-state index contributed by atoms with van der Waals surface area (Å²) in [5.74, 6) is 0. The minimum atomic E-state index is 0.495. The molecule has 0 atom stereocenters. The summed E-state index contributed by atoms with van der Waals surface area (Å²) in [6, 6.07) is 4.64. The maximum Gasteiger partial charge on any atom is 0.360 e. The fraction of sp³-hybridized carbons (Fsp3) is 0. The van der Waals surface area contributed by atoms with Gasteiger partial charge in [-0.1, -0.05) is 0 Å². The summed E-state index contributed by atoms with van der Waals surface area (Å²) in [5.41, 5.74) is 0. The van der Waals surface area contributed by atoms with Crippen molar-refractivity contribution >= 4 is 86.2 Å². The van der Waals surface area contributed by atoms with Crippen LogP contribution < -0.4 is 0 Å². The van der Waals surface area contributed by atoms with Gasteiger partial charge in [0.1, 0.15) is 0 Å². The molecule has 2 aliphatic heterocycles. The minimum Gasteiger partial charge on any atom is -0.146 e. The van der Waals surface area contributed by atoms with Gasteiger partial charge in [0.05, 0.1) is 0 Å². The van der Waals surface area contributed by atoms with Crippen LogP contribution in [0.25, 0.3) is 0 Å². The molecule has 0 bridgehead atoms. The van der Waals surface area contributed by atoms with E-state index in [1.807, 2.05) is 46.5 Å². The highest BCUT2D eigenvalue weighted by Crippen LogP contribution is 2.55. The van der Waals surface area contributed by atoms with E-state index in [0.29, 0.717) is 8.19 Å². The summed E-state index contributed by atoms with van der Waals surface area (Å²) in [6.07, 6.45) is 0. The highest BCUT2D eigenvalue weighted by molar-refractivity contribution is 9.36. The Bertz CT molecular complexity index is 333.